The predicted octanol–water partition coefficient (Wildman–Crippen LogP) is 1.54. The van der Waals surface area contributed by atoms with Crippen molar-refractivity contribution in [1.29, 1.82) is 0 Å². The van der Waals surface area contributed by atoms with E-state index in [0.717, 1.165) is 14.9 Å². The molecular weight excluding hydrogens is 216 g/mol. The number of nitrogens with zero attached hydrogens (tertiary/aromatic N) is 3. The zero-order chi connectivity index (χ0) is 9.80. The fourth-order valence-electron chi connectivity index (χ4n) is 0.931. The van der Waals surface area contributed by atoms with E-state index in [1.807, 2.05) is 12.1 Å². The molecule has 2 aromatic rings. The first-order valence-electron chi connectivity index (χ1n) is 3.98. The van der Waals surface area contributed by atoms with Gasteiger partial charge in [-0.3, -0.25) is 0 Å². The van der Waals surface area contributed by atoms with Gasteiger partial charge in [-0.05, 0) is 41.0 Å². The van der Waals surface area contributed by atoms with E-state index < -0.39 is 0 Å². The summed E-state index contributed by atoms with van der Waals surface area (Å²) < 4.78 is 4.81. The van der Waals surface area contributed by atoms with Crippen molar-refractivity contribution in [2.75, 3.05) is 0 Å². The van der Waals surface area contributed by atoms with Crippen LogP contribution in [0.25, 0.3) is 0 Å². The molecule has 0 atom stereocenters. The Hall–Kier alpha value is -0.980. The monoisotopic (exact) mass is 224 g/mol. The third-order valence-corrected chi connectivity index (χ3v) is 3.22. The lowest BCUT2D eigenvalue weighted by molar-refractivity contribution is 1.02. The predicted molar refractivity (Wildman–Crippen MR) is 56.2 cm³/mol. The highest BCUT2D eigenvalue weighted by atomic mass is 32.2. The van der Waals surface area contributed by atoms with E-state index in [0.29, 0.717) is 6.54 Å². The van der Waals surface area contributed by atoms with Gasteiger partial charge in [-0.2, -0.15) is 4.37 Å². The molecular formula is C8H8N4S2. The summed E-state index contributed by atoms with van der Waals surface area (Å²) >= 11 is 2.86. The standard InChI is InChI=1S/C8H8N4S2/c9-4-6-1-2-10-7(3-6)13-8-11-5-12-14-8/h1-3,5H,4,9H2. The van der Waals surface area contributed by atoms with Crippen LogP contribution < -0.4 is 5.73 Å². The number of nitrogens with two attached hydrogens (primary N) is 1. The molecule has 0 saturated carbocycles. The molecule has 6 heteroatoms. The van der Waals surface area contributed by atoms with Gasteiger partial charge >= 0.3 is 0 Å². The Morgan fingerprint density at radius 1 is 1.43 bits per heavy atom. The first kappa shape index (κ1) is 9.57. The molecule has 14 heavy (non-hydrogen) atoms. The Bertz CT molecular complexity index is 401. The Morgan fingerprint density at radius 2 is 2.36 bits per heavy atom. The van der Waals surface area contributed by atoms with Gasteiger partial charge < -0.3 is 5.73 Å². The Morgan fingerprint density at radius 3 is 3.07 bits per heavy atom. The molecule has 0 amide bonds. The lowest BCUT2D eigenvalue weighted by Crippen LogP contribution is -1.96. The van der Waals surface area contributed by atoms with E-state index in [1.54, 1.807) is 12.5 Å². The van der Waals surface area contributed by atoms with Crippen molar-refractivity contribution in [3.05, 3.63) is 30.2 Å². The van der Waals surface area contributed by atoms with Gasteiger partial charge in [0.2, 0.25) is 0 Å². The number of pyridine rings is 1. The Kier molecular flexibility index (Phi) is 3.07. The summed E-state index contributed by atoms with van der Waals surface area (Å²) in [7, 11) is 0. The molecule has 0 aromatic carbocycles. The second-order valence-corrected chi connectivity index (χ2v) is 4.56. The minimum absolute atomic E-state index is 0.534. The van der Waals surface area contributed by atoms with Gasteiger partial charge in [-0.1, -0.05) is 0 Å². The minimum atomic E-state index is 0.534. The molecule has 0 unspecified atom stereocenters. The maximum Gasteiger partial charge on any atom is 0.175 e. The van der Waals surface area contributed by atoms with Gasteiger partial charge in [-0.15, -0.1) is 0 Å². The molecule has 2 N–H and O–H groups in total. The summed E-state index contributed by atoms with van der Waals surface area (Å²) in [4.78, 5) is 8.27. The molecule has 0 aliphatic heterocycles. The number of hydrogen-bond acceptors (Lipinski definition) is 6. The topological polar surface area (TPSA) is 64.7 Å². The van der Waals surface area contributed by atoms with Crippen LogP contribution in [0.5, 0.6) is 0 Å². The summed E-state index contributed by atoms with van der Waals surface area (Å²) in [6.07, 6.45) is 3.30. The lowest BCUT2D eigenvalue weighted by atomic mass is 10.3. The summed E-state index contributed by atoms with van der Waals surface area (Å²) in [6.45, 7) is 0.534. The summed E-state index contributed by atoms with van der Waals surface area (Å²) in [5, 5.41) is 0.907. The smallest absolute Gasteiger partial charge is 0.175 e. The highest BCUT2D eigenvalue weighted by Gasteiger charge is 2.02. The van der Waals surface area contributed by atoms with Crippen molar-refractivity contribution in [1.82, 2.24) is 14.3 Å². The first-order chi connectivity index (χ1) is 6.88. The molecule has 0 aliphatic carbocycles. The van der Waals surface area contributed by atoms with Crippen LogP contribution in [0.3, 0.4) is 0 Å². The zero-order valence-corrected chi connectivity index (χ0v) is 8.88. The fraction of sp³-hybridized carbons (Fsp3) is 0.125. The number of rotatable bonds is 3. The van der Waals surface area contributed by atoms with Crippen molar-refractivity contribution in [2.45, 2.75) is 15.9 Å². The van der Waals surface area contributed by atoms with E-state index in [-0.39, 0.29) is 0 Å². The third-order valence-electron chi connectivity index (χ3n) is 1.57. The van der Waals surface area contributed by atoms with Crippen molar-refractivity contribution in [2.24, 2.45) is 5.73 Å². The van der Waals surface area contributed by atoms with Gasteiger partial charge in [-0.25, -0.2) is 9.97 Å². The van der Waals surface area contributed by atoms with Gasteiger partial charge in [0.25, 0.3) is 0 Å². The van der Waals surface area contributed by atoms with E-state index in [4.69, 9.17) is 5.73 Å². The highest BCUT2D eigenvalue weighted by molar-refractivity contribution is 8.00. The highest BCUT2D eigenvalue weighted by Crippen LogP contribution is 2.26. The molecule has 0 fully saturated rings. The van der Waals surface area contributed by atoms with Gasteiger partial charge in [0.15, 0.2) is 4.34 Å². The second kappa shape index (κ2) is 4.50. The Balaban J connectivity index is 2.17. The second-order valence-electron chi connectivity index (χ2n) is 2.52. The maximum atomic E-state index is 5.53. The van der Waals surface area contributed by atoms with Crippen LogP contribution in [-0.2, 0) is 6.54 Å². The average Bonchev–Trinajstić information content (AvgIpc) is 2.71. The summed E-state index contributed by atoms with van der Waals surface area (Å²) in [6, 6.07) is 3.87. The van der Waals surface area contributed by atoms with Crippen LogP contribution in [0.1, 0.15) is 5.56 Å². The molecule has 0 spiro atoms. The van der Waals surface area contributed by atoms with E-state index in [1.165, 1.54) is 23.3 Å². The fourth-order valence-corrected chi connectivity index (χ4v) is 2.35. The van der Waals surface area contributed by atoms with E-state index in [2.05, 4.69) is 14.3 Å². The van der Waals surface area contributed by atoms with Crippen LogP contribution in [0, 0.1) is 0 Å². The summed E-state index contributed by atoms with van der Waals surface area (Å²) in [5.74, 6) is 0. The molecule has 2 rings (SSSR count). The van der Waals surface area contributed by atoms with Crippen molar-refractivity contribution in [3.63, 3.8) is 0 Å². The quantitative estimate of drug-likeness (QED) is 0.856. The molecule has 0 aliphatic rings. The molecule has 2 aromatic heterocycles. The van der Waals surface area contributed by atoms with Gasteiger partial charge in [0, 0.05) is 12.7 Å². The zero-order valence-electron chi connectivity index (χ0n) is 7.25. The molecule has 0 saturated heterocycles. The SMILES string of the molecule is NCc1ccnc(Sc2ncns2)c1. The Labute approximate surface area is 89.8 Å². The molecule has 72 valence electrons. The largest absolute Gasteiger partial charge is 0.326 e. The molecule has 4 nitrogen and oxygen atoms in total. The van der Waals surface area contributed by atoms with Gasteiger partial charge in [0.05, 0.1) is 0 Å². The lowest BCUT2D eigenvalue weighted by Gasteiger charge is -1.98. The maximum absolute atomic E-state index is 5.53. The minimum Gasteiger partial charge on any atom is -0.326 e. The molecule has 2 heterocycles. The van der Waals surface area contributed by atoms with E-state index >= 15 is 0 Å². The van der Waals surface area contributed by atoms with Gasteiger partial charge in [0.1, 0.15) is 11.4 Å². The molecule has 0 bridgehead atoms. The van der Waals surface area contributed by atoms with Crippen LogP contribution in [0.2, 0.25) is 0 Å². The van der Waals surface area contributed by atoms with Crippen LogP contribution in [0.4, 0.5) is 0 Å². The number of aromatic nitrogens is 3. The first-order valence-corrected chi connectivity index (χ1v) is 5.57. The van der Waals surface area contributed by atoms with E-state index in [9.17, 15) is 0 Å². The van der Waals surface area contributed by atoms with Crippen LogP contribution >= 0.6 is 23.3 Å². The van der Waals surface area contributed by atoms with Crippen LogP contribution in [0.15, 0.2) is 34.0 Å². The number of hydrogen-bond donors (Lipinski definition) is 1. The van der Waals surface area contributed by atoms with Crippen molar-refractivity contribution < 1.29 is 0 Å². The third kappa shape index (κ3) is 2.28. The molecule has 0 radical (unpaired) electrons. The van der Waals surface area contributed by atoms with Crippen molar-refractivity contribution in [3.8, 4) is 0 Å². The van der Waals surface area contributed by atoms with Crippen LogP contribution in [-0.4, -0.2) is 14.3 Å². The average molecular weight is 224 g/mol. The summed E-state index contributed by atoms with van der Waals surface area (Å²) in [5.41, 5.74) is 6.61. The van der Waals surface area contributed by atoms with Crippen molar-refractivity contribution >= 4 is 23.3 Å². The normalized spacial score (nSPS) is 10.4.